The average Bonchev–Trinajstić information content (AvgIpc) is 4.60. The summed E-state index contributed by atoms with van der Waals surface area (Å²) in [6.07, 6.45) is 16.0. The SMILES string of the molecule is C.CN=[N+]=[N-].[B]C1CC(OCC#C)C(CN=[N+]=[N-])O1.[B]C1CC(OCc2cn(C)nn2)C(CN=[N+]=[N-])O1.[B][B]C1CC(OCC#C)C(CN=[N+]=[N-])O1.[B][B]C1CC(OCc2cn(CC3OC([B])CC3OCc3cn(C)nn3)nn2)C(CN=[N+]=[N-])O1. The third kappa shape index (κ3) is 26.5. The first kappa shape index (κ1) is 72.4. The summed E-state index contributed by atoms with van der Waals surface area (Å²) in [6.45, 7) is 2.60. The normalized spacial score (nSPS) is 27.5. The van der Waals surface area contributed by atoms with Crippen LogP contribution < -0.4 is 0 Å². The van der Waals surface area contributed by atoms with Crippen LogP contribution in [0.25, 0.3) is 52.2 Å². The van der Waals surface area contributed by atoms with E-state index in [2.05, 4.69) is 92.9 Å². The van der Waals surface area contributed by atoms with E-state index in [0.29, 0.717) is 57.6 Å². The van der Waals surface area contributed by atoms with Crippen molar-refractivity contribution in [2.45, 2.75) is 157 Å². The van der Waals surface area contributed by atoms with E-state index in [1.807, 2.05) is 0 Å². The maximum absolute atomic E-state index is 8.57. The molecule has 5 aliphatic heterocycles. The Kier molecular flexibility index (Phi) is 35.1. The van der Waals surface area contributed by atoms with E-state index in [1.165, 1.54) is 21.4 Å². The zero-order valence-corrected chi connectivity index (χ0v) is 46.5. The van der Waals surface area contributed by atoms with Gasteiger partial charge in [0.05, 0.1) is 140 Å². The number of azide groups is 5. The van der Waals surface area contributed by atoms with E-state index in [9.17, 15) is 0 Å². The van der Waals surface area contributed by atoms with Gasteiger partial charge in [-0.2, -0.15) is 0 Å². The average molecular weight is 1160 g/mol. The summed E-state index contributed by atoms with van der Waals surface area (Å²) < 4.78 is 60.9. The molecule has 440 valence electrons. The van der Waals surface area contributed by atoms with Gasteiger partial charge in [-0.1, -0.05) is 60.5 Å². The van der Waals surface area contributed by atoms with Crippen LogP contribution in [0.15, 0.2) is 44.2 Å². The van der Waals surface area contributed by atoms with Crippen LogP contribution in [-0.4, -0.2) is 236 Å². The van der Waals surface area contributed by atoms with Crippen LogP contribution in [0.3, 0.4) is 0 Å². The molecule has 15 unspecified atom stereocenters. The van der Waals surface area contributed by atoms with Crippen LogP contribution in [0, 0.1) is 24.7 Å². The highest BCUT2D eigenvalue weighted by atomic mass is 16.6. The summed E-state index contributed by atoms with van der Waals surface area (Å²) in [5.41, 5.74) is 42.7. The number of hydrogen-bond donors (Lipinski definition) is 0. The minimum atomic E-state index is -0.407. The Morgan fingerprint density at radius 2 is 0.871 bits per heavy atom. The number of terminal acetylenes is 2. The summed E-state index contributed by atoms with van der Waals surface area (Å²) >= 11 is 0. The Morgan fingerprint density at radius 1 is 0.541 bits per heavy atom. The molecule has 8 heterocycles. The van der Waals surface area contributed by atoms with Crippen molar-refractivity contribution in [2.75, 3.05) is 46.4 Å². The fourth-order valence-corrected chi connectivity index (χ4v) is 8.63. The van der Waals surface area contributed by atoms with Gasteiger partial charge < -0.3 is 47.4 Å². The van der Waals surface area contributed by atoms with E-state index < -0.39 is 6.00 Å². The van der Waals surface area contributed by atoms with Gasteiger partial charge in [0.2, 0.25) is 0 Å². The van der Waals surface area contributed by atoms with Gasteiger partial charge in [0, 0.05) is 91.2 Å². The number of rotatable bonds is 25. The molecule has 0 amide bonds. The minimum Gasteiger partial charge on any atom is -0.382 e. The lowest BCUT2D eigenvalue weighted by atomic mass is 9.51. The first-order valence-corrected chi connectivity index (χ1v) is 25.9. The fraction of sp³-hybridized carbons (Fsp3) is 0.773. The van der Waals surface area contributed by atoms with E-state index in [1.54, 1.807) is 46.7 Å². The van der Waals surface area contributed by atoms with Crippen LogP contribution in [-0.2, 0) is 87.8 Å². The van der Waals surface area contributed by atoms with Crippen molar-refractivity contribution in [2.24, 2.45) is 39.7 Å². The molecule has 85 heavy (non-hydrogen) atoms. The van der Waals surface area contributed by atoms with Gasteiger partial charge in [0.25, 0.3) is 0 Å². The van der Waals surface area contributed by atoms with Gasteiger partial charge >= 0.3 is 0 Å². The molecule has 41 heteroatoms. The lowest BCUT2D eigenvalue weighted by Crippen LogP contribution is -2.29. The molecule has 0 aromatic carbocycles. The van der Waals surface area contributed by atoms with Crippen molar-refractivity contribution in [1.82, 2.24) is 45.0 Å². The van der Waals surface area contributed by atoms with Crippen molar-refractivity contribution in [3.63, 3.8) is 0 Å². The van der Waals surface area contributed by atoms with E-state index in [-0.39, 0.29) is 138 Å². The molecular formula is C44H63B7N24O10. The van der Waals surface area contributed by atoms with Crippen molar-refractivity contribution in [3.8, 4) is 24.7 Å². The minimum absolute atomic E-state index is 0. The van der Waals surface area contributed by atoms with E-state index in [4.69, 9.17) is 127 Å². The second kappa shape index (κ2) is 41.2. The summed E-state index contributed by atoms with van der Waals surface area (Å²) in [7, 11) is 36.1. The summed E-state index contributed by atoms with van der Waals surface area (Å²) in [5, 5.41) is 40.8. The molecule has 0 bridgehead atoms. The van der Waals surface area contributed by atoms with Gasteiger partial charge in [0.1, 0.15) is 59.9 Å². The highest BCUT2D eigenvalue weighted by Crippen LogP contribution is 2.27. The molecule has 5 aliphatic rings. The largest absolute Gasteiger partial charge is 0.382 e. The van der Waals surface area contributed by atoms with Gasteiger partial charge in [-0.05, 0) is 59.8 Å². The lowest BCUT2D eigenvalue weighted by Gasteiger charge is -2.18. The molecular weight excluding hydrogens is 1100 g/mol. The van der Waals surface area contributed by atoms with Crippen molar-refractivity contribution in [3.05, 3.63) is 87.9 Å². The Labute approximate surface area is 499 Å². The van der Waals surface area contributed by atoms with Crippen LogP contribution in [0.4, 0.5) is 0 Å². The predicted octanol–water partition coefficient (Wildman–Crippen LogP) is 2.05. The van der Waals surface area contributed by atoms with E-state index >= 15 is 0 Å². The standard InChI is InChI=1S/C17H23B3N9O4.C9H13BN6O2.C8H10B2N3O2.C8H10BN3O2.CH3N3.CH4/c1-28-5-10(23-26-28)8-30-12-2-16(18)32-15(12)7-29-6-11(24-27-29)9-31-13-3-17(20-19)33-14(13)4-22-25-21;1-16-4-6(13-15-16)5-17-7-2-9(10)18-8(7)3-12-14-11;1-2-3-14-6-4-8(10-9)15-7(6)5-12-13-11;1-2-3-13-6-4-8(9)14-7(6)5-11-12-10;1-3-4-2;/h5-6,12-17H,2-4,7-9H2,1H3;4,7-9H,2-3,5H2,1H3;1,6-8H,3-5H2;1,6-8H,3-5H2;1H3;1H4. The third-order valence-corrected chi connectivity index (χ3v) is 12.3. The highest BCUT2D eigenvalue weighted by molar-refractivity contribution is 6.90. The highest BCUT2D eigenvalue weighted by Gasteiger charge is 2.38. The molecule has 3 aromatic rings. The molecule has 0 spiro atoms. The molecule has 8 rings (SSSR count). The van der Waals surface area contributed by atoms with Crippen LogP contribution in [0.2, 0.25) is 0 Å². The topological polar surface area (TPSA) is 428 Å². The Morgan fingerprint density at radius 3 is 1.22 bits per heavy atom. The van der Waals surface area contributed by atoms with Gasteiger partial charge in [-0.25, -0.2) is 4.68 Å². The predicted molar refractivity (Wildman–Crippen MR) is 309 cm³/mol. The maximum atomic E-state index is 8.57. The fourth-order valence-electron chi connectivity index (χ4n) is 8.63. The van der Waals surface area contributed by atoms with Crippen molar-refractivity contribution >= 4 is 53.4 Å². The van der Waals surface area contributed by atoms with Gasteiger partial charge in [-0.3, -0.25) is 9.36 Å². The van der Waals surface area contributed by atoms with Crippen LogP contribution in [0.5, 0.6) is 0 Å². The van der Waals surface area contributed by atoms with Gasteiger partial charge in [0.15, 0.2) is 0 Å². The molecule has 12 radical (unpaired) electrons. The zero-order valence-electron chi connectivity index (χ0n) is 46.5. The summed E-state index contributed by atoms with van der Waals surface area (Å²) in [6, 6.07) is -1.55. The van der Waals surface area contributed by atoms with Crippen molar-refractivity contribution in [1.29, 1.82) is 0 Å². The molecule has 5 fully saturated rings. The first-order chi connectivity index (χ1) is 40.7. The van der Waals surface area contributed by atoms with Crippen LogP contribution >= 0.6 is 0 Å². The third-order valence-electron chi connectivity index (χ3n) is 12.3. The maximum Gasteiger partial charge on any atom is 0.109 e. The monoisotopic (exact) mass is 1160 g/mol. The number of aryl methyl sites for hydroxylation is 2. The molecule has 0 aliphatic carbocycles. The summed E-state index contributed by atoms with van der Waals surface area (Å²) in [4.78, 5) is 13.2. The zero-order chi connectivity index (χ0) is 61.1. The second-order valence-electron chi connectivity index (χ2n) is 18.4. The Balaban J connectivity index is 0.000000310. The second-order valence-corrected chi connectivity index (χ2v) is 18.4. The van der Waals surface area contributed by atoms with Gasteiger partial charge in [-0.15, -0.1) is 28.1 Å². The first-order valence-electron chi connectivity index (χ1n) is 25.9. The van der Waals surface area contributed by atoms with Crippen LogP contribution in [0.1, 0.15) is 56.6 Å². The molecule has 34 nitrogen and oxygen atoms in total. The van der Waals surface area contributed by atoms with E-state index in [0.717, 1.165) is 11.4 Å². The molecule has 5 saturated heterocycles. The number of aromatic nitrogens is 9. The molecule has 0 saturated carbocycles. The number of ether oxygens (including phenoxy) is 10. The lowest BCUT2D eigenvalue weighted by molar-refractivity contribution is -0.0300. The number of hydrogen-bond acceptors (Lipinski definition) is 21. The molecule has 15 atom stereocenters. The Bertz CT molecular complexity index is 2750. The quantitative estimate of drug-likeness (QED) is 0.0385. The van der Waals surface area contributed by atoms with Crippen molar-refractivity contribution < 1.29 is 47.4 Å². The summed E-state index contributed by atoms with van der Waals surface area (Å²) in [5.74, 6) is 4.75. The molecule has 0 N–H and O–H groups in total. The molecule has 3 aromatic heterocycles. The Hall–Kier alpha value is -6.86. The number of nitrogens with zero attached hydrogens (tertiary/aromatic N) is 24. The smallest absolute Gasteiger partial charge is 0.109 e.